The normalized spacial score (nSPS) is 22.6. The Bertz CT molecular complexity index is 1170. The van der Waals surface area contributed by atoms with Gasteiger partial charge in [0.05, 0.1) is 12.1 Å². The maximum absolute atomic E-state index is 11.8. The first-order valence-electron chi connectivity index (χ1n) is 10.0. The number of terminal acetylenes is 1. The lowest BCUT2D eigenvalue weighted by Gasteiger charge is -2.23. The maximum atomic E-state index is 11.8. The predicted octanol–water partition coefficient (Wildman–Crippen LogP) is -0.428. The minimum absolute atomic E-state index is 0.0814. The third-order valence-electron chi connectivity index (χ3n) is 4.62. The third-order valence-corrected chi connectivity index (χ3v) is 6.09. The summed E-state index contributed by atoms with van der Waals surface area (Å²) in [5.41, 5.74) is 0.639. The quantitative estimate of drug-likeness (QED) is 0.353. The van der Waals surface area contributed by atoms with Gasteiger partial charge in [-0.3, -0.25) is 14.2 Å². The summed E-state index contributed by atoms with van der Waals surface area (Å²) in [7, 11) is -3.42. The minimum atomic E-state index is -3.42. The lowest BCUT2D eigenvalue weighted by Crippen LogP contribution is -2.38. The number of nitrogens with one attached hydrogen (secondary N) is 2. The summed E-state index contributed by atoms with van der Waals surface area (Å²) in [6, 6.07) is 0. The van der Waals surface area contributed by atoms with E-state index in [1.165, 1.54) is 31.1 Å². The number of carbonyl (C=O) groups is 2. The first-order chi connectivity index (χ1) is 15.7. The van der Waals surface area contributed by atoms with Gasteiger partial charge in [0.25, 0.3) is 0 Å². The molecule has 2 aromatic heterocycles. The molecule has 0 unspecified atom stereocenters. The topological polar surface area (TPSA) is 164 Å². The highest BCUT2D eigenvalue weighted by molar-refractivity contribution is 7.89. The number of ether oxygens (including phenoxy) is 3. The lowest BCUT2D eigenvalue weighted by molar-refractivity contribution is -0.165. The number of imidazole rings is 1. The highest BCUT2D eigenvalue weighted by Gasteiger charge is 2.50. The maximum Gasteiger partial charge on any atom is 0.303 e. The SMILES string of the molecule is C#C[C@H]1O[C@@H](n2cnc3c(NCCS(=O)(=O)NCC)ncnc32)[C@H](OC(C)=O)[C@H]1OC(C)=O. The highest BCUT2D eigenvalue weighted by atomic mass is 32.2. The van der Waals surface area contributed by atoms with Crippen LogP contribution in [0.4, 0.5) is 5.82 Å². The summed E-state index contributed by atoms with van der Waals surface area (Å²) in [5.74, 6) is 1.30. The molecule has 178 valence electrons. The van der Waals surface area contributed by atoms with E-state index < -0.39 is 46.5 Å². The van der Waals surface area contributed by atoms with E-state index in [1.807, 2.05) is 0 Å². The Balaban J connectivity index is 1.90. The number of anilines is 1. The number of nitrogens with zero attached hydrogens (tertiary/aromatic N) is 4. The molecule has 3 rings (SSSR count). The lowest BCUT2D eigenvalue weighted by atomic mass is 10.1. The molecular formula is C19H24N6O7S. The zero-order valence-electron chi connectivity index (χ0n) is 18.2. The molecule has 0 spiro atoms. The van der Waals surface area contributed by atoms with Gasteiger partial charge in [-0.15, -0.1) is 6.42 Å². The van der Waals surface area contributed by atoms with Crippen molar-refractivity contribution >= 4 is 38.9 Å². The summed E-state index contributed by atoms with van der Waals surface area (Å²) in [6.45, 7) is 4.49. The van der Waals surface area contributed by atoms with Crippen molar-refractivity contribution in [3.05, 3.63) is 12.7 Å². The average Bonchev–Trinajstić information content (AvgIpc) is 3.29. The monoisotopic (exact) mass is 480 g/mol. The molecule has 0 aromatic carbocycles. The fraction of sp³-hybridized carbons (Fsp3) is 0.526. The third kappa shape index (κ3) is 5.56. The fourth-order valence-corrected chi connectivity index (χ4v) is 4.35. The molecule has 0 bridgehead atoms. The van der Waals surface area contributed by atoms with Gasteiger partial charge >= 0.3 is 11.9 Å². The van der Waals surface area contributed by atoms with Crippen LogP contribution in [0.25, 0.3) is 11.2 Å². The predicted molar refractivity (Wildman–Crippen MR) is 115 cm³/mol. The van der Waals surface area contributed by atoms with Crippen molar-refractivity contribution in [3.8, 4) is 12.3 Å². The second kappa shape index (κ2) is 10.1. The molecule has 3 heterocycles. The molecule has 13 nitrogen and oxygen atoms in total. The molecule has 1 aliphatic heterocycles. The van der Waals surface area contributed by atoms with Gasteiger partial charge < -0.3 is 19.5 Å². The Morgan fingerprint density at radius 3 is 2.55 bits per heavy atom. The summed E-state index contributed by atoms with van der Waals surface area (Å²) in [6.07, 6.45) is 4.14. The van der Waals surface area contributed by atoms with Gasteiger partial charge in [-0.1, -0.05) is 12.8 Å². The minimum Gasteiger partial charge on any atom is -0.455 e. The van der Waals surface area contributed by atoms with E-state index in [9.17, 15) is 18.0 Å². The molecule has 0 aliphatic carbocycles. The van der Waals surface area contributed by atoms with Crippen LogP contribution in [0.2, 0.25) is 0 Å². The first kappa shape index (κ1) is 24.4. The van der Waals surface area contributed by atoms with Gasteiger partial charge in [-0.2, -0.15) is 0 Å². The van der Waals surface area contributed by atoms with Crippen molar-refractivity contribution in [2.45, 2.75) is 45.3 Å². The number of hydrogen-bond acceptors (Lipinski definition) is 11. The molecule has 4 atom stereocenters. The van der Waals surface area contributed by atoms with Crippen molar-refractivity contribution in [1.29, 1.82) is 0 Å². The van der Waals surface area contributed by atoms with Crippen LogP contribution in [0.5, 0.6) is 0 Å². The molecule has 1 fully saturated rings. The summed E-state index contributed by atoms with van der Waals surface area (Å²) < 4.78 is 44.1. The molecule has 1 aliphatic rings. The van der Waals surface area contributed by atoms with Gasteiger partial charge in [-0.25, -0.2) is 28.1 Å². The Kier molecular flexibility index (Phi) is 7.46. The van der Waals surface area contributed by atoms with E-state index >= 15 is 0 Å². The number of rotatable bonds is 9. The molecule has 2 N–H and O–H groups in total. The van der Waals surface area contributed by atoms with Crippen molar-refractivity contribution in [2.75, 3.05) is 24.2 Å². The van der Waals surface area contributed by atoms with Crippen LogP contribution in [0.3, 0.4) is 0 Å². The second-order valence-corrected chi connectivity index (χ2v) is 8.98. The molecule has 0 saturated carbocycles. The summed E-state index contributed by atoms with van der Waals surface area (Å²) in [5, 5.41) is 2.93. The van der Waals surface area contributed by atoms with Gasteiger partial charge in [0.1, 0.15) is 6.33 Å². The van der Waals surface area contributed by atoms with Crippen LogP contribution >= 0.6 is 0 Å². The number of sulfonamides is 1. The molecule has 0 amide bonds. The van der Waals surface area contributed by atoms with Crippen LogP contribution in [0.1, 0.15) is 27.0 Å². The zero-order valence-corrected chi connectivity index (χ0v) is 19.0. The van der Waals surface area contributed by atoms with E-state index in [1.54, 1.807) is 6.92 Å². The van der Waals surface area contributed by atoms with Crippen molar-refractivity contribution in [1.82, 2.24) is 24.2 Å². The van der Waals surface area contributed by atoms with Crippen LogP contribution in [-0.2, 0) is 33.8 Å². The van der Waals surface area contributed by atoms with Crippen molar-refractivity contribution < 1.29 is 32.2 Å². The smallest absolute Gasteiger partial charge is 0.303 e. The second-order valence-electron chi connectivity index (χ2n) is 7.05. The standard InChI is InChI=1S/C19H24N6O7S/c1-5-13-15(30-11(3)26)16(31-12(4)27)19(32-13)25-10-23-14-17(21-9-22-18(14)25)20-7-8-33(28,29)24-6-2/h1,9-10,13,15-16,19,24H,6-8H2,2-4H3,(H,20,21,22)/t13-,15+,16-,19-/m1/s1. The molecule has 2 aromatic rings. The average molecular weight is 481 g/mol. The highest BCUT2D eigenvalue weighted by Crippen LogP contribution is 2.35. The Morgan fingerprint density at radius 1 is 1.21 bits per heavy atom. The largest absolute Gasteiger partial charge is 0.455 e. The first-order valence-corrected chi connectivity index (χ1v) is 11.7. The molecular weight excluding hydrogens is 456 g/mol. The fourth-order valence-electron chi connectivity index (χ4n) is 3.40. The number of aromatic nitrogens is 4. The van der Waals surface area contributed by atoms with Crippen LogP contribution < -0.4 is 10.0 Å². The summed E-state index contributed by atoms with van der Waals surface area (Å²) in [4.78, 5) is 35.9. The molecule has 33 heavy (non-hydrogen) atoms. The van der Waals surface area contributed by atoms with Crippen molar-refractivity contribution in [3.63, 3.8) is 0 Å². The van der Waals surface area contributed by atoms with Gasteiger partial charge in [0, 0.05) is 26.9 Å². The number of esters is 2. The molecule has 1 saturated heterocycles. The van der Waals surface area contributed by atoms with E-state index in [2.05, 4.69) is 30.9 Å². The van der Waals surface area contributed by atoms with Gasteiger partial charge in [-0.05, 0) is 0 Å². The van der Waals surface area contributed by atoms with Gasteiger partial charge in [0.2, 0.25) is 10.0 Å². The van der Waals surface area contributed by atoms with Gasteiger partial charge in [0.15, 0.2) is 41.5 Å². The number of carbonyl (C=O) groups excluding carboxylic acids is 2. The molecule has 14 heteroatoms. The number of hydrogen-bond donors (Lipinski definition) is 2. The van der Waals surface area contributed by atoms with Crippen LogP contribution in [0, 0.1) is 12.3 Å². The van der Waals surface area contributed by atoms with Crippen LogP contribution in [0.15, 0.2) is 12.7 Å². The summed E-state index contributed by atoms with van der Waals surface area (Å²) >= 11 is 0. The Morgan fingerprint density at radius 2 is 1.91 bits per heavy atom. The Labute approximate surface area is 190 Å². The van der Waals surface area contributed by atoms with E-state index in [0.29, 0.717) is 23.5 Å². The van der Waals surface area contributed by atoms with Crippen molar-refractivity contribution in [2.24, 2.45) is 0 Å². The van der Waals surface area contributed by atoms with E-state index in [0.717, 1.165) is 0 Å². The zero-order chi connectivity index (χ0) is 24.2. The van der Waals surface area contributed by atoms with Crippen LogP contribution in [-0.4, -0.2) is 77.0 Å². The number of fused-ring (bicyclic) bond motifs is 1. The molecule has 0 radical (unpaired) electrons. The Hall–Kier alpha value is -3.28. The van der Waals surface area contributed by atoms with E-state index in [4.69, 9.17) is 20.6 Å². The van der Waals surface area contributed by atoms with E-state index in [-0.39, 0.29) is 12.3 Å².